The van der Waals surface area contributed by atoms with Gasteiger partial charge in [-0.15, -0.1) is 11.3 Å². The van der Waals surface area contributed by atoms with Crippen LogP contribution in [0.15, 0.2) is 12.1 Å². The minimum absolute atomic E-state index is 0.201. The first-order valence-electron chi connectivity index (χ1n) is 9.08. The monoisotopic (exact) mass is 369 g/mol. The molecule has 0 spiro atoms. The summed E-state index contributed by atoms with van der Waals surface area (Å²) in [5.41, 5.74) is 0. The summed E-state index contributed by atoms with van der Waals surface area (Å²) in [7, 11) is 0. The maximum absolute atomic E-state index is 12.3. The van der Waals surface area contributed by atoms with E-state index in [0.29, 0.717) is 18.5 Å². The first kappa shape index (κ1) is 18.2. The van der Waals surface area contributed by atoms with Crippen LogP contribution in [0.25, 0.3) is 0 Å². The molecule has 6 heteroatoms. The second kappa shape index (κ2) is 8.65. The molecule has 0 aromatic carbocycles. The van der Waals surface area contributed by atoms with E-state index in [0.717, 1.165) is 43.5 Å². The number of thiophene rings is 1. The van der Waals surface area contributed by atoms with Crippen LogP contribution in [-0.2, 0) is 11.3 Å². The summed E-state index contributed by atoms with van der Waals surface area (Å²) in [4.78, 5) is 18.4. The zero-order valence-corrected chi connectivity index (χ0v) is 16.0. The molecule has 1 aliphatic heterocycles. The fraction of sp³-hybridized carbons (Fsp3) is 0.722. The van der Waals surface area contributed by atoms with Crippen molar-refractivity contribution in [2.24, 2.45) is 5.92 Å². The van der Waals surface area contributed by atoms with E-state index < -0.39 is 0 Å². The van der Waals surface area contributed by atoms with Gasteiger partial charge >= 0.3 is 0 Å². The van der Waals surface area contributed by atoms with Crippen molar-refractivity contribution in [1.29, 1.82) is 0 Å². The second-order valence-electron chi connectivity index (χ2n) is 7.19. The van der Waals surface area contributed by atoms with E-state index >= 15 is 0 Å². The number of hydrogen-bond donors (Lipinski definition) is 1. The largest absolute Gasteiger partial charge is 0.352 e. The van der Waals surface area contributed by atoms with Crippen molar-refractivity contribution in [2.45, 2.75) is 45.2 Å². The fourth-order valence-corrected chi connectivity index (χ4v) is 4.88. The first-order valence-corrected chi connectivity index (χ1v) is 10.3. The molecular weight excluding hydrogens is 342 g/mol. The molecule has 2 fully saturated rings. The number of nitrogens with zero attached hydrogens (tertiary/aromatic N) is 2. The molecule has 2 atom stereocenters. The van der Waals surface area contributed by atoms with Crippen molar-refractivity contribution >= 4 is 28.8 Å². The highest BCUT2D eigenvalue weighted by Gasteiger charge is 2.24. The number of halogens is 1. The average molecular weight is 370 g/mol. The molecule has 1 aliphatic carbocycles. The third-order valence-electron chi connectivity index (χ3n) is 5.30. The Balaban J connectivity index is 1.37. The van der Waals surface area contributed by atoms with Crippen LogP contribution in [0.2, 0.25) is 4.34 Å². The maximum atomic E-state index is 12.3. The van der Waals surface area contributed by atoms with Gasteiger partial charge in [0.05, 0.1) is 10.9 Å². The molecule has 1 N–H and O–H groups in total. The molecule has 1 saturated carbocycles. The van der Waals surface area contributed by atoms with Gasteiger partial charge in [-0.2, -0.15) is 0 Å². The van der Waals surface area contributed by atoms with E-state index in [4.69, 9.17) is 11.6 Å². The third-order valence-corrected chi connectivity index (χ3v) is 6.51. The van der Waals surface area contributed by atoms with Gasteiger partial charge in [-0.3, -0.25) is 14.6 Å². The van der Waals surface area contributed by atoms with Crippen LogP contribution in [-0.4, -0.2) is 54.5 Å². The molecule has 2 aliphatic rings. The van der Waals surface area contributed by atoms with Gasteiger partial charge in [0.15, 0.2) is 0 Å². The third kappa shape index (κ3) is 5.19. The van der Waals surface area contributed by atoms with Gasteiger partial charge in [0, 0.05) is 43.6 Å². The summed E-state index contributed by atoms with van der Waals surface area (Å²) < 4.78 is 0.859. The number of hydrogen-bond acceptors (Lipinski definition) is 4. The first-order chi connectivity index (χ1) is 11.6. The SMILES string of the molecule is C[C@H]1CCCC[C@H]1NC(=O)CN1CCN(Cc2ccc(Cl)s2)CC1. The zero-order valence-electron chi connectivity index (χ0n) is 14.5. The lowest BCUT2D eigenvalue weighted by molar-refractivity contribution is -0.124. The fourth-order valence-electron chi connectivity index (χ4n) is 3.75. The molecular formula is C18H28ClN3OS. The van der Waals surface area contributed by atoms with Crippen molar-refractivity contribution in [3.05, 3.63) is 21.3 Å². The van der Waals surface area contributed by atoms with Crippen molar-refractivity contribution in [3.63, 3.8) is 0 Å². The molecule has 24 heavy (non-hydrogen) atoms. The van der Waals surface area contributed by atoms with Crippen LogP contribution in [0.1, 0.15) is 37.5 Å². The molecule has 2 heterocycles. The maximum Gasteiger partial charge on any atom is 0.234 e. The molecule has 1 aromatic rings. The van der Waals surface area contributed by atoms with Gasteiger partial charge in [-0.1, -0.05) is 31.4 Å². The summed E-state index contributed by atoms with van der Waals surface area (Å²) in [5.74, 6) is 0.824. The summed E-state index contributed by atoms with van der Waals surface area (Å²) in [6.45, 7) is 7.74. The summed E-state index contributed by atoms with van der Waals surface area (Å²) >= 11 is 7.65. The Kier molecular flexibility index (Phi) is 6.56. The number of amides is 1. The number of nitrogens with one attached hydrogen (secondary N) is 1. The topological polar surface area (TPSA) is 35.6 Å². The van der Waals surface area contributed by atoms with Crippen LogP contribution >= 0.6 is 22.9 Å². The second-order valence-corrected chi connectivity index (χ2v) is 8.99. The Labute approximate surface area is 154 Å². The number of carbonyl (C=O) groups is 1. The Hall–Kier alpha value is -0.620. The van der Waals surface area contributed by atoms with E-state index in [2.05, 4.69) is 28.1 Å². The molecule has 0 unspecified atom stereocenters. The van der Waals surface area contributed by atoms with Gasteiger partial charge < -0.3 is 5.32 Å². The van der Waals surface area contributed by atoms with E-state index in [1.807, 2.05) is 6.07 Å². The van der Waals surface area contributed by atoms with Gasteiger partial charge in [-0.05, 0) is 30.9 Å². The highest BCUT2D eigenvalue weighted by molar-refractivity contribution is 7.16. The van der Waals surface area contributed by atoms with Crippen LogP contribution in [0.5, 0.6) is 0 Å². The molecule has 1 aromatic heterocycles. The zero-order chi connectivity index (χ0) is 16.9. The summed E-state index contributed by atoms with van der Waals surface area (Å²) in [6.07, 6.45) is 4.95. The van der Waals surface area contributed by atoms with Gasteiger partial charge in [0.2, 0.25) is 5.91 Å². The normalized spacial score (nSPS) is 26.4. The minimum atomic E-state index is 0.201. The highest BCUT2D eigenvalue weighted by atomic mass is 35.5. The van der Waals surface area contributed by atoms with E-state index in [-0.39, 0.29) is 5.91 Å². The number of rotatable bonds is 5. The predicted octanol–water partition coefficient (Wildman–Crippen LogP) is 3.21. The number of piperazine rings is 1. The lowest BCUT2D eigenvalue weighted by atomic mass is 9.86. The van der Waals surface area contributed by atoms with Crippen LogP contribution in [0.4, 0.5) is 0 Å². The smallest absolute Gasteiger partial charge is 0.234 e. The Morgan fingerprint density at radius 3 is 2.58 bits per heavy atom. The molecule has 0 radical (unpaired) electrons. The van der Waals surface area contributed by atoms with E-state index in [1.54, 1.807) is 11.3 Å². The molecule has 134 valence electrons. The minimum Gasteiger partial charge on any atom is -0.352 e. The highest BCUT2D eigenvalue weighted by Crippen LogP contribution is 2.24. The predicted molar refractivity (Wildman–Crippen MR) is 101 cm³/mol. The van der Waals surface area contributed by atoms with Crippen LogP contribution in [0.3, 0.4) is 0 Å². The van der Waals surface area contributed by atoms with Crippen molar-refractivity contribution in [2.75, 3.05) is 32.7 Å². The summed E-state index contributed by atoms with van der Waals surface area (Å²) in [5, 5.41) is 3.26. The molecule has 4 nitrogen and oxygen atoms in total. The lowest BCUT2D eigenvalue weighted by Gasteiger charge is -2.35. The van der Waals surface area contributed by atoms with Crippen molar-refractivity contribution < 1.29 is 4.79 Å². The lowest BCUT2D eigenvalue weighted by Crippen LogP contribution is -2.51. The quantitative estimate of drug-likeness (QED) is 0.865. The molecule has 1 saturated heterocycles. The standard InChI is InChI=1S/C18H28ClN3OS/c1-14-4-2-3-5-16(14)20-18(23)13-22-10-8-21(9-11-22)12-15-6-7-17(19)24-15/h6-7,14,16H,2-5,8-13H2,1H3,(H,20,23)/t14-,16+/m0/s1. The Morgan fingerprint density at radius 1 is 1.21 bits per heavy atom. The number of carbonyl (C=O) groups excluding carboxylic acids is 1. The van der Waals surface area contributed by atoms with E-state index in [9.17, 15) is 4.79 Å². The molecule has 0 bridgehead atoms. The molecule has 1 amide bonds. The average Bonchev–Trinajstić information content (AvgIpc) is 2.96. The molecule has 3 rings (SSSR count). The van der Waals surface area contributed by atoms with Gasteiger partial charge in [0.25, 0.3) is 0 Å². The Bertz CT molecular complexity index is 542. The Morgan fingerprint density at radius 2 is 1.92 bits per heavy atom. The summed E-state index contributed by atoms with van der Waals surface area (Å²) in [6, 6.07) is 4.46. The van der Waals surface area contributed by atoms with Crippen LogP contribution in [0, 0.1) is 5.92 Å². The van der Waals surface area contributed by atoms with E-state index in [1.165, 1.54) is 24.1 Å². The van der Waals surface area contributed by atoms with Crippen molar-refractivity contribution in [3.8, 4) is 0 Å². The van der Waals surface area contributed by atoms with Gasteiger partial charge in [-0.25, -0.2) is 0 Å². The van der Waals surface area contributed by atoms with Crippen molar-refractivity contribution in [1.82, 2.24) is 15.1 Å². The van der Waals surface area contributed by atoms with Crippen LogP contribution < -0.4 is 5.32 Å². The van der Waals surface area contributed by atoms with Gasteiger partial charge in [0.1, 0.15) is 0 Å².